The molecule has 0 radical (unpaired) electrons. The summed E-state index contributed by atoms with van der Waals surface area (Å²) in [5.74, 6) is 2.01. The van der Waals surface area contributed by atoms with Crippen LogP contribution in [0.3, 0.4) is 0 Å². The molecule has 0 amide bonds. The fourth-order valence-corrected chi connectivity index (χ4v) is 2.99. The van der Waals surface area contributed by atoms with E-state index in [1.165, 1.54) is 29.0 Å². The summed E-state index contributed by atoms with van der Waals surface area (Å²) in [6.07, 6.45) is 3.02. The summed E-state index contributed by atoms with van der Waals surface area (Å²) in [4.78, 5) is 1.39. The summed E-state index contributed by atoms with van der Waals surface area (Å²) in [5, 5.41) is 5.70. The molecular formula is C11H15NOS. The summed E-state index contributed by atoms with van der Waals surface area (Å²) < 4.78 is 5.98. The molecule has 1 saturated carbocycles. The third kappa shape index (κ3) is 1.44. The molecule has 2 nitrogen and oxygen atoms in total. The largest absolute Gasteiger partial charge is 0.488 e. The molecule has 2 heterocycles. The van der Waals surface area contributed by atoms with E-state index in [9.17, 15) is 0 Å². The summed E-state index contributed by atoms with van der Waals surface area (Å²) in [6.45, 7) is 4.08. The lowest BCUT2D eigenvalue weighted by Crippen LogP contribution is -2.25. The minimum absolute atomic E-state index is 0.309. The Kier molecular flexibility index (Phi) is 2.03. The molecule has 0 bridgehead atoms. The minimum Gasteiger partial charge on any atom is -0.488 e. The zero-order valence-corrected chi connectivity index (χ0v) is 9.19. The van der Waals surface area contributed by atoms with E-state index in [0.29, 0.717) is 6.10 Å². The summed E-state index contributed by atoms with van der Waals surface area (Å²) in [5.41, 5.74) is 1.47. The number of thiophene rings is 1. The Morgan fingerprint density at radius 3 is 3.14 bits per heavy atom. The fourth-order valence-electron chi connectivity index (χ4n) is 1.97. The highest BCUT2D eigenvalue weighted by Gasteiger charge is 2.30. The zero-order valence-electron chi connectivity index (χ0n) is 8.38. The molecule has 3 heteroatoms. The van der Waals surface area contributed by atoms with E-state index in [0.717, 1.165) is 19.0 Å². The third-order valence-corrected chi connectivity index (χ3v) is 3.88. The molecule has 1 fully saturated rings. The molecule has 3 rings (SSSR count). The maximum atomic E-state index is 5.98. The number of nitrogens with one attached hydrogen (secondary N) is 1. The van der Waals surface area contributed by atoms with Gasteiger partial charge in [-0.2, -0.15) is 0 Å². The van der Waals surface area contributed by atoms with E-state index in [1.54, 1.807) is 0 Å². The van der Waals surface area contributed by atoms with Crippen LogP contribution in [0.1, 0.15) is 36.1 Å². The van der Waals surface area contributed by atoms with Crippen LogP contribution < -0.4 is 10.1 Å². The molecule has 2 aliphatic rings. The number of hydrogen-bond donors (Lipinski definition) is 1. The molecule has 1 N–H and O–H groups in total. The highest BCUT2D eigenvalue weighted by atomic mass is 32.1. The smallest absolute Gasteiger partial charge is 0.138 e. The first-order valence-corrected chi connectivity index (χ1v) is 6.20. The Labute approximate surface area is 88.3 Å². The standard InChI is InChI=1S/C11H15NOS/c1-7-4-12-5-10-11(13-7)9(6-14-10)8-2-3-8/h6-8,12H,2-5H2,1H3. The van der Waals surface area contributed by atoms with E-state index in [4.69, 9.17) is 4.74 Å². The van der Waals surface area contributed by atoms with Crippen LogP contribution in [0.15, 0.2) is 5.38 Å². The van der Waals surface area contributed by atoms with Crippen molar-refractivity contribution in [2.24, 2.45) is 0 Å². The van der Waals surface area contributed by atoms with E-state index in [-0.39, 0.29) is 0 Å². The molecule has 1 unspecified atom stereocenters. The molecule has 1 aliphatic heterocycles. The number of ether oxygens (including phenoxy) is 1. The van der Waals surface area contributed by atoms with Crippen LogP contribution in [-0.4, -0.2) is 12.6 Å². The van der Waals surface area contributed by atoms with Gasteiger partial charge in [-0.3, -0.25) is 0 Å². The Morgan fingerprint density at radius 1 is 1.50 bits per heavy atom. The quantitative estimate of drug-likeness (QED) is 0.767. The fraction of sp³-hybridized carbons (Fsp3) is 0.636. The van der Waals surface area contributed by atoms with Crippen LogP contribution >= 0.6 is 11.3 Å². The highest BCUT2D eigenvalue weighted by Crippen LogP contribution is 2.48. The second-order valence-corrected chi connectivity index (χ2v) is 5.24. The van der Waals surface area contributed by atoms with Crippen LogP contribution in [0.5, 0.6) is 5.75 Å². The number of fused-ring (bicyclic) bond motifs is 1. The van der Waals surface area contributed by atoms with E-state index < -0.39 is 0 Å². The van der Waals surface area contributed by atoms with Crippen molar-refractivity contribution < 1.29 is 4.74 Å². The van der Waals surface area contributed by atoms with Gasteiger partial charge in [0.2, 0.25) is 0 Å². The van der Waals surface area contributed by atoms with Gasteiger partial charge in [0, 0.05) is 18.7 Å². The van der Waals surface area contributed by atoms with Crippen molar-refractivity contribution in [2.75, 3.05) is 6.54 Å². The van der Waals surface area contributed by atoms with Crippen molar-refractivity contribution in [1.29, 1.82) is 0 Å². The first-order valence-electron chi connectivity index (χ1n) is 5.32. The van der Waals surface area contributed by atoms with Crippen molar-refractivity contribution in [2.45, 2.75) is 38.3 Å². The SMILES string of the molecule is CC1CNCc2scc(C3CC3)c2O1. The Bertz CT molecular complexity index is 343. The van der Waals surface area contributed by atoms with E-state index in [2.05, 4.69) is 17.6 Å². The van der Waals surface area contributed by atoms with Gasteiger partial charge >= 0.3 is 0 Å². The van der Waals surface area contributed by atoms with Crippen LogP contribution in [0, 0.1) is 0 Å². The van der Waals surface area contributed by atoms with Crippen LogP contribution in [0.4, 0.5) is 0 Å². The zero-order chi connectivity index (χ0) is 9.54. The number of hydrogen-bond acceptors (Lipinski definition) is 3. The predicted octanol–water partition coefficient (Wildman–Crippen LogP) is 2.50. The van der Waals surface area contributed by atoms with Crippen molar-refractivity contribution >= 4 is 11.3 Å². The lowest BCUT2D eigenvalue weighted by molar-refractivity contribution is 0.225. The number of rotatable bonds is 1. The van der Waals surface area contributed by atoms with Crippen molar-refractivity contribution in [3.8, 4) is 5.75 Å². The monoisotopic (exact) mass is 209 g/mol. The molecule has 0 spiro atoms. The van der Waals surface area contributed by atoms with Gasteiger partial charge in [-0.1, -0.05) is 0 Å². The lowest BCUT2D eigenvalue weighted by Gasteiger charge is -2.12. The van der Waals surface area contributed by atoms with Crippen LogP contribution in [0.2, 0.25) is 0 Å². The molecule has 14 heavy (non-hydrogen) atoms. The first kappa shape index (κ1) is 8.74. The first-order chi connectivity index (χ1) is 6.84. The summed E-state index contributed by atoms with van der Waals surface area (Å²) in [7, 11) is 0. The van der Waals surface area contributed by atoms with Crippen molar-refractivity contribution in [1.82, 2.24) is 5.32 Å². The normalized spacial score (nSPS) is 26.5. The molecular weight excluding hydrogens is 194 g/mol. The maximum Gasteiger partial charge on any atom is 0.138 e. The second kappa shape index (κ2) is 3.24. The molecule has 1 aliphatic carbocycles. The van der Waals surface area contributed by atoms with Crippen LogP contribution in [-0.2, 0) is 6.54 Å². The molecule has 1 aromatic heterocycles. The highest BCUT2D eigenvalue weighted by molar-refractivity contribution is 7.10. The van der Waals surface area contributed by atoms with Gasteiger partial charge in [-0.05, 0) is 31.1 Å². The predicted molar refractivity (Wildman–Crippen MR) is 58.1 cm³/mol. The Morgan fingerprint density at radius 2 is 2.36 bits per heavy atom. The third-order valence-electron chi connectivity index (χ3n) is 2.90. The van der Waals surface area contributed by atoms with E-state index >= 15 is 0 Å². The van der Waals surface area contributed by atoms with Crippen molar-refractivity contribution in [3.05, 3.63) is 15.8 Å². The average molecular weight is 209 g/mol. The van der Waals surface area contributed by atoms with Gasteiger partial charge in [0.15, 0.2) is 0 Å². The van der Waals surface area contributed by atoms with Gasteiger partial charge in [-0.15, -0.1) is 11.3 Å². The van der Waals surface area contributed by atoms with E-state index in [1.807, 2.05) is 11.3 Å². The summed E-state index contributed by atoms with van der Waals surface area (Å²) in [6, 6.07) is 0. The molecule has 1 atom stereocenters. The molecule has 1 aromatic rings. The lowest BCUT2D eigenvalue weighted by atomic mass is 10.2. The van der Waals surface area contributed by atoms with Gasteiger partial charge in [0.25, 0.3) is 0 Å². The second-order valence-electron chi connectivity index (χ2n) is 4.28. The van der Waals surface area contributed by atoms with Gasteiger partial charge in [0.05, 0.1) is 4.88 Å². The molecule has 0 aromatic carbocycles. The minimum atomic E-state index is 0.309. The van der Waals surface area contributed by atoms with Gasteiger partial charge in [-0.25, -0.2) is 0 Å². The maximum absolute atomic E-state index is 5.98. The topological polar surface area (TPSA) is 21.3 Å². The Hall–Kier alpha value is -0.540. The average Bonchev–Trinajstić information content (AvgIpc) is 2.95. The van der Waals surface area contributed by atoms with Gasteiger partial charge < -0.3 is 10.1 Å². The van der Waals surface area contributed by atoms with Crippen LogP contribution in [0.25, 0.3) is 0 Å². The molecule has 0 saturated heterocycles. The molecule has 76 valence electrons. The van der Waals surface area contributed by atoms with Crippen molar-refractivity contribution in [3.63, 3.8) is 0 Å². The summed E-state index contributed by atoms with van der Waals surface area (Å²) >= 11 is 1.85. The van der Waals surface area contributed by atoms with Gasteiger partial charge in [0.1, 0.15) is 11.9 Å². The Balaban J connectivity index is 1.96.